The van der Waals surface area contributed by atoms with E-state index in [2.05, 4.69) is 4.98 Å². The fraction of sp³-hybridized carbons (Fsp3) is 0.357. The Morgan fingerprint density at radius 2 is 2.21 bits per heavy atom. The molecule has 0 amide bonds. The summed E-state index contributed by atoms with van der Waals surface area (Å²) in [6.07, 6.45) is 4.67. The van der Waals surface area contributed by atoms with Gasteiger partial charge in [0.15, 0.2) is 0 Å². The maximum atomic E-state index is 13.7. The summed E-state index contributed by atoms with van der Waals surface area (Å²) < 4.78 is 15.7. The monoisotopic (exact) mass is 281 g/mol. The lowest BCUT2D eigenvalue weighted by molar-refractivity contribution is 0.567. The van der Waals surface area contributed by atoms with Crippen LogP contribution in [0.5, 0.6) is 0 Å². The molecule has 0 saturated heterocycles. The van der Waals surface area contributed by atoms with E-state index in [1.165, 1.54) is 6.07 Å². The van der Waals surface area contributed by atoms with Crippen LogP contribution in [0.1, 0.15) is 18.3 Å². The lowest BCUT2D eigenvalue weighted by Gasteiger charge is -2.14. The van der Waals surface area contributed by atoms with E-state index in [0.717, 1.165) is 12.4 Å². The molecule has 19 heavy (non-hydrogen) atoms. The second-order valence-corrected chi connectivity index (χ2v) is 4.91. The Morgan fingerprint density at radius 3 is 2.89 bits per heavy atom. The molecule has 0 aliphatic rings. The summed E-state index contributed by atoms with van der Waals surface area (Å²) in [4.78, 5) is 4.27. The topological polar surface area (TPSA) is 43.8 Å². The molecule has 0 aliphatic carbocycles. The van der Waals surface area contributed by atoms with Crippen LogP contribution in [0.4, 0.5) is 4.39 Å². The summed E-state index contributed by atoms with van der Waals surface area (Å²) in [6.45, 7) is 2.90. The van der Waals surface area contributed by atoms with Gasteiger partial charge in [-0.05, 0) is 25.5 Å². The van der Waals surface area contributed by atoms with Crippen LogP contribution in [0, 0.1) is 5.82 Å². The molecule has 1 heterocycles. The Labute approximate surface area is 117 Å². The second-order valence-electron chi connectivity index (χ2n) is 4.50. The number of nitrogens with zero attached hydrogens (tertiary/aromatic N) is 2. The fourth-order valence-electron chi connectivity index (χ4n) is 2.11. The highest BCUT2D eigenvalue weighted by Crippen LogP contribution is 2.20. The Bertz CT molecular complexity index is 533. The summed E-state index contributed by atoms with van der Waals surface area (Å²) in [5, 5.41) is 0.425. The molecule has 102 valence electrons. The lowest BCUT2D eigenvalue weighted by Crippen LogP contribution is -2.27. The van der Waals surface area contributed by atoms with Crippen LogP contribution in [0.2, 0.25) is 5.02 Å². The van der Waals surface area contributed by atoms with Crippen LogP contribution in [-0.4, -0.2) is 15.6 Å². The van der Waals surface area contributed by atoms with Crippen molar-refractivity contribution in [3.63, 3.8) is 0 Å². The molecule has 2 aromatic rings. The van der Waals surface area contributed by atoms with E-state index in [1.807, 2.05) is 17.7 Å². The van der Waals surface area contributed by atoms with E-state index in [4.69, 9.17) is 17.3 Å². The summed E-state index contributed by atoms with van der Waals surface area (Å²) >= 11 is 6.00. The second kappa shape index (κ2) is 6.17. The predicted octanol–water partition coefficient (Wildman–Crippen LogP) is 2.81. The lowest BCUT2D eigenvalue weighted by atomic mass is 10.0. The Morgan fingerprint density at radius 1 is 1.42 bits per heavy atom. The molecule has 0 bridgehead atoms. The number of imidazole rings is 1. The van der Waals surface area contributed by atoms with E-state index in [-0.39, 0.29) is 11.9 Å². The Balaban J connectivity index is 2.07. The van der Waals surface area contributed by atoms with Crippen molar-refractivity contribution in [2.75, 3.05) is 0 Å². The minimum atomic E-state index is -0.304. The highest BCUT2D eigenvalue weighted by Gasteiger charge is 2.14. The Hall–Kier alpha value is -1.39. The molecule has 3 nitrogen and oxygen atoms in total. The fourth-order valence-corrected chi connectivity index (χ4v) is 2.35. The first-order valence-electron chi connectivity index (χ1n) is 6.30. The molecule has 5 heteroatoms. The average molecular weight is 282 g/mol. The number of nitrogens with two attached hydrogens (primary N) is 1. The smallest absolute Gasteiger partial charge is 0.127 e. The van der Waals surface area contributed by atoms with Gasteiger partial charge in [-0.1, -0.05) is 17.7 Å². The maximum absolute atomic E-state index is 13.7. The van der Waals surface area contributed by atoms with Crippen LogP contribution in [0.25, 0.3) is 0 Å². The van der Waals surface area contributed by atoms with E-state index >= 15 is 0 Å². The van der Waals surface area contributed by atoms with Gasteiger partial charge in [0, 0.05) is 42.0 Å². The van der Waals surface area contributed by atoms with Crippen molar-refractivity contribution >= 4 is 11.6 Å². The SMILES string of the molecule is CCn1ccnc1CC(N)Cc1c(F)cccc1Cl. The number of rotatable bonds is 5. The number of hydrogen-bond donors (Lipinski definition) is 1. The van der Waals surface area contributed by atoms with Crippen molar-refractivity contribution in [1.29, 1.82) is 0 Å². The number of aromatic nitrogens is 2. The highest BCUT2D eigenvalue weighted by molar-refractivity contribution is 6.31. The average Bonchev–Trinajstić information content (AvgIpc) is 2.81. The predicted molar refractivity (Wildman–Crippen MR) is 74.7 cm³/mol. The molecule has 0 aliphatic heterocycles. The van der Waals surface area contributed by atoms with Gasteiger partial charge >= 0.3 is 0 Å². The first kappa shape index (κ1) is 14.0. The normalized spacial score (nSPS) is 12.6. The minimum absolute atomic E-state index is 0.206. The van der Waals surface area contributed by atoms with Gasteiger partial charge in [0.25, 0.3) is 0 Å². The molecule has 2 N–H and O–H groups in total. The van der Waals surface area contributed by atoms with Crippen LogP contribution < -0.4 is 5.73 Å². The summed E-state index contributed by atoms with van der Waals surface area (Å²) in [5.41, 5.74) is 6.56. The zero-order valence-electron chi connectivity index (χ0n) is 10.8. The van der Waals surface area contributed by atoms with E-state index in [0.29, 0.717) is 23.4 Å². The van der Waals surface area contributed by atoms with Crippen molar-refractivity contribution in [2.24, 2.45) is 5.73 Å². The molecule has 0 fully saturated rings. The maximum Gasteiger partial charge on any atom is 0.127 e. The first-order valence-corrected chi connectivity index (χ1v) is 6.68. The largest absolute Gasteiger partial charge is 0.335 e. The Kier molecular flexibility index (Phi) is 4.56. The van der Waals surface area contributed by atoms with E-state index in [9.17, 15) is 4.39 Å². The standard InChI is InChI=1S/C14H17ClFN3/c1-2-19-7-6-18-14(19)9-10(17)8-11-12(15)4-3-5-13(11)16/h3-7,10H,2,8-9,17H2,1H3. The van der Waals surface area contributed by atoms with Crippen LogP contribution in [0.3, 0.4) is 0 Å². The van der Waals surface area contributed by atoms with Crippen molar-refractivity contribution in [2.45, 2.75) is 32.4 Å². The van der Waals surface area contributed by atoms with E-state index < -0.39 is 0 Å². The zero-order valence-corrected chi connectivity index (χ0v) is 11.6. The van der Waals surface area contributed by atoms with Crippen molar-refractivity contribution < 1.29 is 4.39 Å². The number of benzene rings is 1. The van der Waals surface area contributed by atoms with Crippen molar-refractivity contribution in [3.05, 3.63) is 52.8 Å². The first-order chi connectivity index (χ1) is 9.11. The van der Waals surface area contributed by atoms with Crippen molar-refractivity contribution in [3.8, 4) is 0 Å². The van der Waals surface area contributed by atoms with Crippen LogP contribution in [-0.2, 0) is 19.4 Å². The summed E-state index contributed by atoms with van der Waals surface area (Å²) in [5.74, 6) is 0.615. The number of halogens is 2. The van der Waals surface area contributed by atoms with Gasteiger partial charge < -0.3 is 10.3 Å². The van der Waals surface area contributed by atoms with E-state index in [1.54, 1.807) is 18.3 Å². The number of hydrogen-bond acceptors (Lipinski definition) is 2. The number of aryl methyl sites for hydroxylation is 1. The van der Waals surface area contributed by atoms with Gasteiger partial charge in [-0.3, -0.25) is 0 Å². The quantitative estimate of drug-likeness (QED) is 0.916. The third-order valence-electron chi connectivity index (χ3n) is 3.12. The molecular formula is C14H17ClFN3. The minimum Gasteiger partial charge on any atom is -0.335 e. The molecule has 1 aromatic heterocycles. The highest BCUT2D eigenvalue weighted by atomic mass is 35.5. The van der Waals surface area contributed by atoms with Gasteiger partial charge in [0.1, 0.15) is 11.6 Å². The third-order valence-corrected chi connectivity index (χ3v) is 3.47. The summed E-state index contributed by atoms with van der Waals surface area (Å²) in [6, 6.07) is 4.47. The molecule has 1 unspecified atom stereocenters. The summed E-state index contributed by atoms with van der Waals surface area (Å²) in [7, 11) is 0. The van der Waals surface area contributed by atoms with Crippen molar-refractivity contribution in [1.82, 2.24) is 9.55 Å². The van der Waals surface area contributed by atoms with Gasteiger partial charge in [-0.2, -0.15) is 0 Å². The van der Waals surface area contributed by atoms with Gasteiger partial charge in [-0.25, -0.2) is 9.37 Å². The molecule has 0 spiro atoms. The van der Waals surface area contributed by atoms with Crippen LogP contribution >= 0.6 is 11.6 Å². The van der Waals surface area contributed by atoms with Gasteiger partial charge in [0.2, 0.25) is 0 Å². The zero-order chi connectivity index (χ0) is 13.8. The molecular weight excluding hydrogens is 265 g/mol. The third kappa shape index (κ3) is 3.33. The molecule has 1 atom stereocenters. The molecule has 1 aromatic carbocycles. The van der Waals surface area contributed by atoms with Crippen LogP contribution in [0.15, 0.2) is 30.6 Å². The van der Waals surface area contributed by atoms with Gasteiger partial charge in [-0.15, -0.1) is 0 Å². The van der Waals surface area contributed by atoms with Gasteiger partial charge in [0.05, 0.1) is 0 Å². The molecule has 0 saturated carbocycles. The molecule has 0 radical (unpaired) electrons. The molecule has 2 rings (SSSR count).